The molecule has 0 radical (unpaired) electrons. The molecular weight excluding hydrogens is 484 g/mol. The number of carbonyl (C=O) groups excluding carboxylic acids is 2. The Labute approximate surface area is 175 Å². The predicted octanol–water partition coefficient (Wildman–Crippen LogP) is 3.24. The van der Waals surface area contributed by atoms with E-state index < -0.39 is 29.7 Å². The second kappa shape index (κ2) is 6.61. The van der Waals surface area contributed by atoms with E-state index in [1.54, 1.807) is 20.8 Å². The van der Waals surface area contributed by atoms with Crippen LogP contribution in [-0.4, -0.2) is 54.9 Å². The third kappa shape index (κ3) is 3.50. The van der Waals surface area contributed by atoms with Crippen LogP contribution in [0, 0.1) is 11.3 Å². The fraction of sp³-hybridized carbons (Fsp3) is 0.833. The van der Waals surface area contributed by atoms with Crippen molar-refractivity contribution in [2.75, 3.05) is 0 Å². The third-order valence-corrected chi connectivity index (χ3v) is 8.85. The lowest BCUT2D eigenvalue weighted by Crippen LogP contribution is -2.56. The Bertz CT molecular complexity index is 677. The highest BCUT2D eigenvalue weighted by atomic mass is 79.9. The molecule has 5 atom stereocenters. The van der Waals surface area contributed by atoms with Crippen LogP contribution in [0.15, 0.2) is 0 Å². The number of amides is 2. The molecule has 3 fully saturated rings. The molecule has 27 heavy (non-hydrogen) atoms. The summed E-state index contributed by atoms with van der Waals surface area (Å²) in [6.45, 7) is 7.39. The average molecular weight is 510 g/mol. The molecule has 7 nitrogen and oxygen atoms in total. The lowest BCUT2D eigenvalue weighted by atomic mass is 9.90. The van der Waals surface area contributed by atoms with Crippen molar-refractivity contribution in [1.29, 1.82) is 0 Å². The fourth-order valence-electron chi connectivity index (χ4n) is 4.66. The van der Waals surface area contributed by atoms with E-state index in [4.69, 9.17) is 4.74 Å². The molecule has 2 heterocycles. The van der Waals surface area contributed by atoms with Crippen LogP contribution in [0.25, 0.3) is 0 Å². The van der Waals surface area contributed by atoms with E-state index in [9.17, 15) is 19.5 Å². The lowest BCUT2D eigenvalue weighted by Gasteiger charge is -2.35. The van der Waals surface area contributed by atoms with Gasteiger partial charge in [0.2, 0.25) is 5.91 Å². The van der Waals surface area contributed by atoms with E-state index in [1.165, 1.54) is 4.90 Å². The molecule has 1 saturated carbocycles. The van der Waals surface area contributed by atoms with Crippen molar-refractivity contribution < 1.29 is 24.2 Å². The normalized spacial score (nSPS) is 37.6. The van der Waals surface area contributed by atoms with E-state index in [1.807, 2.05) is 0 Å². The number of carbonyl (C=O) groups is 3. The maximum absolute atomic E-state index is 13.2. The summed E-state index contributed by atoms with van der Waals surface area (Å²) in [4.78, 5) is 38.7. The van der Waals surface area contributed by atoms with Crippen molar-refractivity contribution in [2.45, 2.75) is 80.3 Å². The van der Waals surface area contributed by atoms with Gasteiger partial charge in [0.15, 0.2) is 0 Å². The first-order chi connectivity index (χ1) is 12.3. The number of fused-ring (bicyclic) bond motifs is 3. The third-order valence-electron chi connectivity index (χ3n) is 6.05. The van der Waals surface area contributed by atoms with Crippen LogP contribution in [-0.2, 0) is 14.3 Å². The van der Waals surface area contributed by atoms with Crippen molar-refractivity contribution in [1.82, 2.24) is 10.2 Å². The molecule has 2 amide bonds. The number of nitrogens with one attached hydrogen (secondary N) is 1. The smallest absolute Gasteiger partial charge is 0.408 e. The quantitative estimate of drug-likeness (QED) is 0.557. The van der Waals surface area contributed by atoms with Crippen molar-refractivity contribution >= 4 is 49.8 Å². The molecule has 0 aromatic rings. The van der Waals surface area contributed by atoms with Crippen LogP contribution in [0.1, 0.15) is 53.4 Å². The van der Waals surface area contributed by atoms with Crippen molar-refractivity contribution in [3.63, 3.8) is 0 Å². The number of hydrogen-bond acceptors (Lipinski definition) is 4. The Morgan fingerprint density at radius 1 is 1.26 bits per heavy atom. The van der Waals surface area contributed by atoms with E-state index in [0.29, 0.717) is 19.3 Å². The molecule has 0 aromatic carbocycles. The largest absolute Gasteiger partial charge is 0.480 e. The van der Waals surface area contributed by atoms with Gasteiger partial charge in [-0.15, -0.1) is 0 Å². The molecule has 2 aliphatic heterocycles. The van der Waals surface area contributed by atoms with Crippen molar-refractivity contribution in [2.24, 2.45) is 11.3 Å². The van der Waals surface area contributed by atoms with Crippen LogP contribution in [0.2, 0.25) is 0 Å². The van der Waals surface area contributed by atoms with E-state index in [2.05, 4.69) is 44.1 Å². The van der Waals surface area contributed by atoms with E-state index >= 15 is 0 Å². The first-order valence-corrected chi connectivity index (χ1v) is 10.8. The highest BCUT2D eigenvalue weighted by molar-refractivity contribution is 9.25. The first kappa shape index (κ1) is 20.9. The summed E-state index contributed by atoms with van der Waals surface area (Å²) in [5, 5.41) is 12.3. The summed E-state index contributed by atoms with van der Waals surface area (Å²) < 4.78 is 4.97. The standard InChI is InChI=1S/C18H26Br2N2O5/c1-16(2,3)27-15(26)21-9-7-8-17(4)12(18(17,19)20)10-5-6-11(14(24)25)22(10)13(9)23/h9-12H,5-8H2,1-4H3,(H,21,26)(H,24,25)/t9-,10+,11-,12-,17+/m0/s1. The molecule has 3 rings (SSSR count). The molecule has 1 aliphatic carbocycles. The monoisotopic (exact) mass is 508 g/mol. The van der Waals surface area contributed by atoms with Gasteiger partial charge < -0.3 is 20.1 Å². The number of rotatable bonds is 2. The van der Waals surface area contributed by atoms with Crippen molar-refractivity contribution in [3.8, 4) is 0 Å². The lowest BCUT2D eigenvalue weighted by molar-refractivity contribution is -0.151. The highest BCUT2D eigenvalue weighted by Gasteiger charge is 2.76. The summed E-state index contributed by atoms with van der Waals surface area (Å²) in [6, 6.07) is -1.83. The van der Waals surface area contributed by atoms with Gasteiger partial charge in [0.25, 0.3) is 0 Å². The first-order valence-electron chi connectivity index (χ1n) is 9.22. The van der Waals surface area contributed by atoms with Gasteiger partial charge in [-0.05, 0) is 46.5 Å². The fourth-order valence-corrected chi connectivity index (χ4v) is 6.94. The van der Waals surface area contributed by atoms with Crippen LogP contribution < -0.4 is 5.32 Å². The minimum absolute atomic E-state index is 0.126. The molecule has 0 aromatic heterocycles. The number of nitrogens with zero attached hydrogens (tertiary/aromatic N) is 1. The summed E-state index contributed by atoms with van der Waals surface area (Å²) in [5.74, 6) is -1.21. The Morgan fingerprint density at radius 2 is 1.89 bits per heavy atom. The highest BCUT2D eigenvalue weighted by Crippen LogP contribution is 2.76. The molecule has 152 valence electrons. The Balaban J connectivity index is 1.88. The number of alkyl carbamates (subject to hydrolysis) is 1. The van der Waals surface area contributed by atoms with Gasteiger partial charge in [-0.25, -0.2) is 9.59 Å². The number of carboxylic acid groups (broad SMARTS) is 1. The number of halogens is 2. The van der Waals surface area contributed by atoms with Crippen molar-refractivity contribution in [3.05, 3.63) is 0 Å². The Hall–Kier alpha value is -0.830. The average Bonchev–Trinajstić information content (AvgIpc) is 2.83. The van der Waals surface area contributed by atoms with Gasteiger partial charge >= 0.3 is 12.1 Å². The summed E-state index contributed by atoms with van der Waals surface area (Å²) in [6.07, 6.45) is 1.56. The molecule has 0 spiro atoms. The van der Waals surface area contributed by atoms with E-state index in [0.717, 1.165) is 6.42 Å². The molecule has 9 heteroatoms. The minimum Gasteiger partial charge on any atom is -0.480 e. The van der Waals surface area contributed by atoms with Crippen LogP contribution >= 0.6 is 31.9 Å². The zero-order valence-electron chi connectivity index (χ0n) is 15.9. The number of hydrogen-bond donors (Lipinski definition) is 2. The van der Waals surface area contributed by atoms with Crippen LogP contribution in [0.5, 0.6) is 0 Å². The maximum Gasteiger partial charge on any atom is 0.408 e. The van der Waals surface area contributed by atoms with Gasteiger partial charge in [0.05, 0.1) is 3.23 Å². The van der Waals surface area contributed by atoms with Gasteiger partial charge in [-0.2, -0.15) is 0 Å². The zero-order chi connectivity index (χ0) is 20.4. The number of aliphatic carboxylic acids is 1. The topological polar surface area (TPSA) is 95.9 Å². The van der Waals surface area contributed by atoms with Gasteiger partial charge in [-0.1, -0.05) is 38.8 Å². The Morgan fingerprint density at radius 3 is 2.44 bits per heavy atom. The molecule has 3 aliphatic rings. The predicted molar refractivity (Wildman–Crippen MR) is 106 cm³/mol. The molecular formula is C18H26Br2N2O5. The van der Waals surface area contributed by atoms with Crippen LogP contribution in [0.3, 0.4) is 0 Å². The maximum atomic E-state index is 13.2. The summed E-state index contributed by atoms with van der Waals surface area (Å²) in [5.41, 5.74) is -0.805. The van der Waals surface area contributed by atoms with Gasteiger partial charge in [0, 0.05) is 17.4 Å². The summed E-state index contributed by atoms with van der Waals surface area (Å²) in [7, 11) is 0. The zero-order valence-corrected chi connectivity index (χ0v) is 19.1. The second-order valence-corrected chi connectivity index (χ2v) is 12.6. The second-order valence-electron chi connectivity index (χ2n) is 9.00. The van der Waals surface area contributed by atoms with E-state index in [-0.39, 0.29) is 26.5 Å². The molecule has 2 saturated heterocycles. The van der Waals surface area contributed by atoms with Crippen LogP contribution in [0.4, 0.5) is 4.79 Å². The minimum atomic E-state index is -1.00. The SMILES string of the molecule is CC(C)(C)OC(=O)N[C@H]1CC[C@]2(C)[C@H]([C@H]3CC[C@@H](C(=O)O)N3C1=O)C2(Br)Br. The van der Waals surface area contributed by atoms with Gasteiger partial charge in [-0.3, -0.25) is 4.79 Å². The molecule has 2 N–H and O–H groups in total. The summed E-state index contributed by atoms with van der Waals surface area (Å²) >= 11 is 7.50. The number of ether oxygens (including phenoxy) is 1. The number of carboxylic acids is 1. The molecule has 0 unspecified atom stereocenters. The van der Waals surface area contributed by atoms with Gasteiger partial charge in [0.1, 0.15) is 17.7 Å². The Kier molecular flexibility index (Phi) is 5.11. The molecule has 0 bridgehead atoms. The number of alkyl halides is 2.